The molecule has 2 nitrogen and oxygen atoms in total. The van der Waals surface area contributed by atoms with E-state index in [-0.39, 0.29) is 6.04 Å². The second kappa shape index (κ2) is 3.04. The molecule has 0 spiro atoms. The van der Waals surface area contributed by atoms with Crippen molar-refractivity contribution >= 4 is 0 Å². The molecule has 1 unspecified atom stereocenters. The van der Waals surface area contributed by atoms with Crippen LogP contribution in [0.5, 0.6) is 5.75 Å². The molecule has 1 aliphatic rings. The van der Waals surface area contributed by atoms with E-state index >= 15 is 0 Å². The highest BCUT2D eigenvalue weighted by Crippen LogP contribution is 2.33. The quantitative estimate of drug-likeness (QED) is 0.658. The third-order valence-electron chi connectivity index (χ3n) is 2.55. The van der Waals surface area contributed by atoms with Crippen molar-refractivity contribution in [2.24, 2.45) is 5.73 Å². The average Bonchev–Trinajstić information content (AvgIpc) is 2.02. The molecule has 1 aromatic rings. The Bertz CT molecular complexity index is 333. The van der Waals surface area contributed by atoms with Gasteiger partial charge in [0.15, 0.2) is 0 Å². The summed E-state index contributed by atoms with van der Waals surface area (Å²) < 4.78 is 5.58. The Labute approximate surface area is 78.7 Å². The summed E-state index contributed by atoms with van der Waals surface area (Å²) in [6.07, 6.45) is 0.927. The fourth-order valence-corrected chi connectivity index (χ4v) is 1.97. The summed E-state index contributed by atoms with van der Waals surface area (Å²) in [6.45, 7) is 4.92. The molecule has 0 saturated carbocycles. The molecule has 70 valence electrons. The van der Waals surface area contributed by atoms with E-state index in [9.17, 15) is 0 Å². The number of benzene rings is 1. The highest BCUT2D eigenvalue weighted by atomic mass is 16.5. The van der Waals surface area contributed by atoms with Gasteiger partial charge in [0.2, 0.25) is 0 Å². The fourth-order valence-electron chi connectivity index (χ4n) is 1.97. The van der Waals surface area contributed by atoms with Gasteiger partial charge < -0.3 is 10.5 Å². The van der Waals surface area contributed by atoms with Crippen LogP contribution in [0.4, 0.5) is 0 Å². The Morgan fingerprint density at radius 2 is 2.15 bits per heavy atom. The number of ether oxygens (including phenoxy) is 1. The molecule has 1 heterocycles. The lowest BCUT2D eigenvalue weighted by atomic mass is 9.95. The molecule has 0 amide bonds. The maximum absolute atomic E-state index is 6.02. The monoisotopic (exact) mass is 177 g/mol. The minimum Gasteiger partial charge on any atom is -0.493 e. The van der Waals surface area contributed by atoms with Gasteiger partial charge in [0.05, 0.1) is 6.61 Å². The third kappa shape index (κ3) is 1.42. The predicted octanol–water partition coefficient (Wildman–Crippen LogP) is 2.09. The van der Waals surface area contributed by atoms with Crippen LogP contribution in [-0.4, -0.2) is 6.61 Å². The van der Waals surface area contributed by atoms with Gasteiger partial charge in [0, 0.05) is 18.0 Å². The highest BCUT2D eigenvalue weighted by Gasteiger charge is 2.19. The summed E-state index contributed by atoms with van der Waals surface area (Å²) in [7, 11) is 0. The molecule has 1 atom stereocenters. The molecule has 0 bridgehead atoms. The summed E-state index contributed by atoms with van der Waals surface area (Å²) in [6, 6.07) is 4.39. The highest BCUT2D eigenvalue weighted by molar-refractivity contribution is 5.45. The molecule has 1 aliphatic heterocycles. The molecule has 2 rings (SSSR count). The van der Waals surface area contributed by atoms with E-state index in [1.54, 1.807) is 0 Å². The zero-order valence-corrected chi connectivity index (χ0v) is 8.13. The predicted molar refractivity (Wildman–Crippen MR) is 53.0 cm³/mol. The minimum atomic E-state index is 0.157. The van der Waals surface area contributed by atoms with E-state index in [0.29, 0.717) is 0 Å². The van der Waals surface area contributed by atoms with Crippen molar-refractivity contribution in [1.29, 1.82) is 0 Å². The number of aryl methyl sites for hydroxylation is 2. The number of hydrogen-bond donors (Lipinski definition) is 1. The van der Waals surface area contributed by atoms with Gasteiger partial charge in [-0.2, -0.15) is 0 Å². The van der Waals surface area contributed by atoms with Crippen molar-refractivity contribution in [3.8, 4) is 5.75 Å². The zero-order valence-electron chi connectivity index (χ0n) is 8.13. The number of rotatable bonds is 0. The molecular weight excluding hydrogens is 162 g/mol. The first kappa shape index (κ1) is 8.57. The van der Waals surface area contributed by atoms with Crippen LogP contribution in [-0.2, 0) is 0 Å². The normalized spacial score (nSPS) is 20.7. The van der Waals surface area contributed by atoms with Crippen LogP contribution in [0.2, 0.25) is 0 Å². The van der Waals surface area contributed by atoms with E-state index < -0.39 is 0 Å². The molecule has 0 aliphatic carbocycles. The van der Waals surface area contributed by atoms with Crippen LogP contribution in [0.25, 0.3) is 0 Å². The summed E-state index contributed by atoms with van der Waals surface area (Å²) in [5.74, 6) is 0.983. The SMILES string of the molecule is Cc1cc(C)c2c(c1)OCCC2N. The topological polar surface area (TPSA) is 35.2 Å². The molecular formula is C11H15NO. The lowest BCUT2D eigenvalue weighted by Crippen LogP contribution is -2.21. The fraction of sp³-hybridized carbons (Fsp3) is 0.455. The first-order valence-electron chi connectivity index (χ1n) is 4.68. The summed E-state index contributed by atoms with van der Waals surface area (Å²) in [5.41, 5.74) is 9.70. The Kier molecular flexibility index (Phi) is 2.00. The van der Waals surface area contributed by atoms with E-state index in [1.807, 2.05) is 0 Å². The molecule has 1 aromatic carbocycles. The molecule has 0 saturated heterocycles. The standard InChI is InChI=1S/C11H15NO/c1-7-5-8(2)11-9(12)3-4-13-10(11)6-7/h5-6,9H,3-4,12H2,1-2H3. The lowest BCUT2D eigenvalue weighted by Gasteiger charge is -2.25. The maximum Gasteiger partial charge on any atom is 0.124 e. The largest absolute Gasteiger partial charge is 0.493 e. The molecule has 0 radical (unpaired) electrons. The molecule has 0 aromatic heterocycles. The smallest absolute Gasteiger partial charge is 0.124 e. The number of nitrogens with two attached hydrogens (primary N) is 1. The van der Waals surface area contributed by atoms with Crippen LogP contribution in [0.15, 0.2) is 12.1 Å². The van der Waals surface area contributed by atoms with Gasteiger partial charge in [-0.05, 0) is 31.0 Å². The van der Waals surface area contributed by atoms with Gasteiger partial charge in [-0.3, -0.25) is 0 Å². The average molecular weight is 177 g/mol. The van der Waals surface area contributed by atoms with E-state index in [4.69, 9.17) is 10.5 Å². The molecule has 0 fully saturated rings. The third-order valence-corrected chi connectivity index (χ3v) is 2.55. The van der Waals surface area contributed by atoms with Crippen molar-refractivity contribution in [2.45, 2.75) is 26.3 Å². The van der Waals surface area contributed by atoms with Gasteiger partial charge in [-0.15, -0.1) is 0 Å². The Balaban J connectivity index is 2.56. The van der Waals surface area contributed by atoms with Crippen LogP contribution in [0.3, 0.4) is 0 Å². The van der Waals surface area contributed by atoms with Crippen molar-refractivity contribution in [2.75, 3.05) is 6.61 Å². The van der Waals surface area contributed by atoms with Crippen LogP contribution in [0.1, 0.15) is 29.2 Å². The van der Waals surface area contributed by atoms with Crippen LogP contribution >= 0.6 is 0 Å². The summed E-state index contributed by atoms with van der Waals surface area (Å²) >= 11 is 0. The summed E-state index contributed by atoms with van der Waals surface area (Å²) in [5, 5.41) is 0. The van der Waals surface area contributed by atoms with Gasteiger partial charge in [-0.25, -0.2) is 0 Å². The number of hydrogen-bond acceptors (Lipinski definition) is 2. The first-order valence-corrected chi connectivity index (χ1v) is 4.68. The number of fused-ring (bicyclic) bond motifs is 1. The van der Waals surface area contributed by atoms with Crippen molar-refractivity contribution in [3.63, 3.8) is 0 Å². The van der Waals surface area contributed by atoms with Gasteiger partial charge in [0.1, 0.15) is 5.75 Å². The lowest BCUT2D eigenvalue weighted by molar-refractivity contribution is 0.268. The van der Waals surface area contributed by atoms with Crippen molar-refractivity contribution in [1.82, 2.24) is 0 Å². The Morgan fingerprint density at radius 1 is 1.38 bits per heavy atom. The maximum atomic E-state index is 6.02. The van der Waals surface area contributed by atoms with E-state index in [1.165, 1.54) is 16.7 Å². The Hall–Kier alpha value is -1.02. The van der Waals surface area contributed by atoms with Gasteiger partial charge >= 0.3 is 0 Å². The van der Waals surface area contributed by atoms with Gasteiger partial charge in [-0.1, -0.05) is 6.07 Å². The van der Waals surface area contributed by atoms with Crippen LogP contribution < -0.4 is 10.5 Å². The van der Waals surface area contributed by atoms with Gasteiger partial charge in [0.25, 0.3) is 0 Å². The second-order valence-corrected chi connectivity index (χ2v) is 3.74. The minimum absolute atomic E-state index is 0.157. The van der Waals surface area contributed by atoms with Crippen molar-refractivity contribution in [3.05, 3.63) is 28.8 Å². The zero-order chi connectivity index (χ0) is 9.42. The van der Waals surface area contributed by atoms with Crippen molar-refractivity contribution < 1.29 is 4.74 Å². The summed E-state index contributed by atoms with van der Waals surface area (Å²) in [4.78, 5) is 0. The van der Waals surface area contributed by atoms with E-state index in [0.717, 1.165) is 18.8 Å². The first-order chi connectivity index (χ1) is 6.18. The van der Waals surface area contributed by atoms with E-state index in [2.05, 4.69) is 26.0 Å². The second-order valence-electron chi connectivity index (χ2n) is 3.74. The molecule has 2 heteroatoms. The van der Waals surface area contributed by atoms with Crippen LogP contribution in [0, 0.1) is 13.8 Å². The Morgan fingerprint density at radius 3 is 2.92 bits per heavy atom. The molecule has 2 N–H and O–H groups in total. The molecule has 13 heavy (non-hydrogen) atoms.